The van der Waals surface area contributed by atoms with Gasteiger partial charge in [-0.15, -0.1) is 11.3 Å². The molecule has 8 nitrogen and oxygen atoms in total. The minimum absolute atomic E-state index is 0.00427. The van der Waals surface area contributed by atoms with Gasteiger partial charge in [0.15, 0.2) is 5.13 Å². The van der Waals surface area contributed by atoms with Crippen molar-refractivity contribution < 1.29 is 22.7 Å². The van der Waals surface area contributed by atoms with Crippen molar-refractivity contribution in [2.75, 3.05) is 19.5 Å². The highest BCUT2D eigenvalue weighted by molar-refractivity contribution is 7.89. The van der Waals surface area contributed by atoms with Crippen LogP contribution < -0.4 is 5.32 Å². The Labute approximate surface area is 172 Å². The Morgan fingerprint density at radius 1 is 1.36 bits per heavy atom. The van der Waals surface area contributed by atoms with Crippen LogP contribution in [-0.2, 0) is 26.0 Å². The number of methoxy groups -OCH3 is 1. The van der Waals surface area contributed by atoms with Gasteiger partial charge in [0.25, 0.3) is 5.91 Å². The highest BCUT2D eigenvalue weighted by Crippen LogP contribution is 2.25. The van der Waals surface area contributed by atoms with E-state index in [1.807, 2.05) is 0 Å². The smallest absolute Gasteiger partial charge is 0.311 e. The van der Waals surface area contributed by atoms with Crippen LogP contribution in [0.4, 0.5) is 5.13 Å². The SMILES string of the molecule is COC(=O)Cc1csc(NC(=O)c2cc(S(=O)(=O)N(C)C(C)C)ccc2Cl)n1. The van der Waals surface area contributed by atoms with Crippen molar-refractivity contribution in [3.05, 3.63) is 39.9 Å². The van der Waals surface area contributed by atoms with Crippen LogP contribution in [0.5, 0.6) is 0 Å². The Morgan fingerprint density at radius 2 is 2.04 bits per heavy atom. The maximum atomic E-state index is 12.6. The molecule has 0 aliphatic heterocycles. The first kappa shape index (κ1) is 22.3. The van der Waals surface area contributed by atoms with Gasteiger partial charge in [0.05, 0.1) is 34.7 Å². The molecule has 1 N–H and O–H groups in total. The standard InChI is InChI=1S/C17H20ClN3O5S2/c1-10(2)21(3)28(24,25)12-5-6-14(18)13(8-12)16(23)20-17-19-11(9-27-17)7-15(22)26-4/h5-6,8-10H,7H2,1-4H3,(H,19,20,23). The van der Waals surface area contributed by atoms with Crippen LogP contribution >= 0.6 is 22.9 Å². The summed E-state index contributed by atoms with van der Waals surface area (Å²) < 4.78 is 31.1. The Kier molecular flexibility index (Phi) is 7.16. The molecule has 0 saturated carbocycles. The third-order valence-electron chi connectivity index (χ3n) is 3.91. The Morgan fingerprint density at radius 3 is 2.64 bits per heavy atom. The van der Waals surface area contributed by atoms with Crippen molar-refractivity contribution in [1.29, 1.82) is 0 Å². The van der Waals surface area contributed by atoms with Gasteiger partial charge >= 0.3 is 5.97 Å². The summed E-state index contributed by atoms with van der Waals surface area (Å²) in [4.78, 5) is 28.0. The predicted molar refractivity (Wildman–Crippen MR) is 107 cm³/mol. The zero-order chi connectivity index (χ0) is 21.1. The average Bonchev–Trinajstić information content (AvgIpc) is 3.07. The second-order valence-electron chi connectivity index (χ2n) is 6.11. The average molecular weight is 446 g/mol. The second kappa shape index (κ2) is 8.99. The molecule has 2 rings (SSSR count). The zero-order valence-electron chi connectivity index (χ0n) is 15.7. The number of hydrogen-bond acceptors (Lipinski definition) is 7. The number of hydrogen-bond donors (Lipinski definition) is 1. The van der Waals surface area contributed by atoms with Crippen molar-refractivity contribution in [2.45, 2.75) is 31.2 Å². The van der Waals surface area contributed by atoms with Crippen LogP contribution in [0.25, 0.3) is 0 Å². The molecule has 0 spiro atoms. The van der Waals surface area contributed by atoms with Crippen LogP contribution in [0.1, 0.15) is 29.9 Å². The number of carbonyl (C=O) groups is 2. The number of rotatable bonds is 7. The number of esters is 1. The first-order chi connectivity index (χ1) is 13.1. The van der Waals surface area contributed by atoms with Crippen LogP contribution in [0, 0.1) is 0 Å². The van der Waals surface area contributed by atoms with Gasteiger partial charge in [-0.3, -0.25) is 14.9 Å². The molecule has 0 saturated heterocycles. The summed E-state index contributed by atoms with van der Waals surface area (Å²) in [6, 6.07) is 3.70. The molecule has 1 aromatic heterocycles. The molecule has 1 amide bonds. The first-order valence-corrected chi connectivity index (χ1v) is 10.9. The molecule has 0 aliphatic carbocycles. The van der Waals surface area contributed by atoms with Crippen molar-refractivity contribution in [3.8, 4) is 0 Å². The lowest BCUT2D eigenvalue weighted by atomic mass is 10.2. The molecule has 1 heterocycles. The molecule has 2 aromatic rings. The van der Waals surface area contributed by atoms with E-state index in [-0.39, 0.29) is 33.1 Å². The highest BCUT2D eigenvalue weighted by atomic mass is 35.5. The third kappa shape index (κ3) is 5.07. The van der Waals surface area contributed by atoms with Crippen LogP contribution in [0.3, 0.4) is 0 Å². The van der Waals surface area contributed by atoms with E-state index in [4.69, 9.17) is 11.6 Å². The van der Waals surface area contributed by atoms with Crippen molar-refractivity contribution in [2.24, 2.45) is 0 Å². The molecule has 0 fully saturated rings. The van der Waals surface area contributed by atoms with Crippen LogP contribution in [-0.4, -0.2) is 49.8 Å². The van der Waals surface area contributed by atoms with E-state index >= 15 is 0 Å². The number of nitrogens with one attached hydrogen (secondary N) is 1. The minimum atomic E-state index is -3.77. The Balaban J connectivity index is 2.25. The van der Waals surface area contributed by atoms with E-state index in [0.717, 1.165) is 11.3 Å². The lowest BCUT2D eigenvalue weighted by molar-refractivity contribution is -0.139. The number of nitrogens with zero attached hydrogens (tertiary/aromatic N) is 2. The van der Waals surface area contributed by atoms with Gasteiger partial charge in [0, 0.05) is 18.5 Å². The molecule has 11 heteroatoms. The molecule has 0 aliphatic rings. The second-order valence-corrected chi connectivity index (χ2v) is 9.37. The largest absolute Gasteiger partial charge is 0.469 e. The zero-order valence-corrected chi connectivity index (χ0v) is 18.1. The maximum absolute atomic E-state index is 12.6. The number of aromatic nitrogens is 1. The maximum Gasteiger partial charge on any atom is 0.311 e. The fourth-order valence-corrected chi connectivity index (χ4v) is 4.42. The summed E-state index contributed by atoms with van der Waals surface area (Å²) in [6.45, 7) is 3.49. The number of halogens is 1. The van der Waals surface area contributed by atoms with Crippen LogP contribution in [0.2, 0.25) is 5.02 Å². The summed E-state index contributed by atoms with van der Waals surface area (Å²) in [6.07, 6.45) is -0.0150. The number of amides is 1. The molecule has 0 radical (unpaired) electrons. The van der Waals surface area contributed by atoms with Crippen molar-refractivity contribution >= 4 is 50.0 Å². The highest BCUT2D eigenvalue weighted by Gasteiger charge is 2.25. The van der Waals surface area contributed by atoms with E-state index in [1.165, 1.54) is 36.7 Å². The van der Waals surface area contributed by atoms with E-state index in [9.17, 15) is 18.0 Å². The molecule has 28 heavy (non-hydrogen) atoms. The third-order valence-corrected chi connectivity index (χ3v) is 7.08. The van der Waals surface area contributed by atoms with E-state index in [2.05, 4.69) is 15.0 Å². The van der Waals surface area contributed by atoms with Gasteiger partial charge < -0.3 is 4.74 Å². The van der Waals surface area contributed by atoms with Gasteiger partial charge in [-0.1, -0.05) is 11.6 Å². The topological polar surface area (TPSA) is 106 Å². The summed E-state index contributed by atoms with van der Waals surface area (Å²) in [5, 5.41) is 4.55. The van der Waals surface area contributed by atoms with E-state index < -0.39 is 21.9 Å². The molecule has 0 atom stereocenters. The molecular formula is C17H20ClN3O5S2. The van der Waals surface area contributed by atoms with Crippen molar-refractivity contribution in [3.63, 3.8) is 0 Å². The summed E-state index contributed by atoms with van der Waals surface area (Å²) in [5.41, 5.74) is 0.456. The number of sulfonamides is 1. The Bertz CT molecular complexity index is 988. The number of benzene rings is 1. The molecule has 0 bridgehead atoms. The number of ether oxygens (including phenoxy) is 1. The normalized spacial score (nSPS) is 11.7. The molecule has 152 valence electrons. The van der Waals surface area contributed by atoms with Crippen LogP contribution in [0.15, 0.2) is 28.5 Å². The molecular weight excluding hydrogens is 426 g/mol. The quantitative estimate of drug-likeness (QED) is 0.657. The van der Waals surface area contributed by atoms with Gasteiger partial charge in [-0.25, -0.2) is 13.4 Å². The van der Waals surface area contributed by atoms with Crippen molar-refractivity contribution in [1.82, 2.24) is 9.29 Å². The first-order valence-electron chi connectivity index (χ1n) is 8.16. The minimum Gasteiger partial charge on any atom is -0.469 e. The number of anilines is 1. The van der Waals surface area contributed by atoms with Gasteiger partial charge in [0.1, 0.15) is 0 Å². The van der Waals surface area contributed by atoms with Gasteiger partial charge in [0.2, 0.25) is 10.0 Å². The predicted octanol–water partition coefficient (Wildman–Crippen LogP) is 2.79. The monoisotopic (exact) mass is 445 g/mol. The van der Waals surface area contributed by atoms with E-state index in [1.54, 1.807) is 19.2 Å². The number of thiazole rings is 1. The summed E-state index contributed by atoms with van der Waals surface area (Å²) in [7, 11) is -1.03. The van der Waals surface area contributed by atoms with E-state index in [0.29, 0.717) is 5.69 Å². The number of carbonyl (C=O) groups excluding carboxylic acids is 2. The summed E-state index contributed by atoms with van der Waals surface area (Å²) in [5.74, 6) is -1.05. The Hall–Kier alpha value is -2.01. The lowest BCUT2D eigenvalue weighted by Gasteiger charge is -2.21. The lowest BCUT2D eigenvalue weighted by Crippen LogP contribution is -2.33. The fraction of sp³-hybridized carbons (Fsp3) is 0.353. The summed E-state index contributed by atoms with van der Waals surface area (Å²) >= 11 is 7.22. The van der Waals surface area contributed by atoms with Gasteiger partial charge in [-0.2, -0.15) is 4.31 Å². The molecule has 1 aromatic carbocycles. The fourth-order valence-electron chi connectivity index (χ4n) is 2.11. The van der Waals surface area contributed by atoms with Gasteiger partial charge in [-0.05, 0) is 32.0 Å². The molecule has 0 unspecified atom stereocenters.